The maximum absolute atomic E-state index is 12.0. The van der Waals surface area contributed by atoms with Crippen LogP contribution in [0.2, 0.25) is 0 Å². The van der Waals surface area contributed by atoms with E-state index in [4.69, 9.17) is 9.84 Å². The first kappa shape index (κ1) is 17.3. The van der Waals surface area contributed by atoms with Gasteiger partial charge in [0.15, 0.2) is 0 Å². The fourth-order valence-electron chi connectivity index (χ4n) is 1.58. The van der Waals surface area contributed by atoms with E-state index in [0.717, 1.165) is 0 Å². The summed E-state index contributed by atoms with van der Waals surface area (Å²) in [5.41, 5.74) is -0.226. The Morgan fingerprint density at radius 1 is 1.33 bits per heavy atom. The summed E-state index contributed by atoms with van der Waals surface area (Å²) in [6, 6.07) is 4.18. The van der Waals surface area contributed by atoms with Crippen LogP contribution in [0.5, 0.6) is 5.75 Å². The van der Waals surface area contributed by atoms with Crippen molar-refractivity contribution in [1.29, 1.82) is 0 Å². The summed E-state index contributed by atoms with van der Waals surface area (Å²) in [4.78, 5) is 11.2. The molecule has 1 aromatic carbocycles. The molecule has 0 atom stereocenters. The van der Waals surface area contributed by atoms with E-state index >= 15 is 0 Å². The lowest BCUT2D eigenvalue weighted by molar-refractivity contribution is 0.0697. The van der Waals surface area contributed by atoms with Gasteiger partial charge >= 0.3 is 5.97 Å². The summed E-state index contributed by atoms with van der Waals surface area (Å²) in [7, 11) is -2.19. The van der Waals surface area contributed by atoms with Gasteiger partial charge in [0.2, 0.25) is 10.0 Å². The van der Waals surface area contributed by atoms with E-state index in [2.05, 4.69) is 4.72 Å². The zero-order valence-corrected chi connectivity index (χ0v) is 13.5. The molecule has 0 aliphatic rings. The predicted molar refractivity (Wildman–Crippen MR) is 81.4 cm³/mol. The van der Waals surface area contributed by atoms with Crippen molar-refractivity contribution in [2.24, 2.45) is 5.41 Å². The number of aromatic carboxylic acids is 1. The van der Waals surface area contributed by atoms with Crippen LogP contribution < -0.4 is 9.46 Å². The van der Waals surface area contributed by atoms with Gasteiger partial charge in [-0.1, -0.05) is 20.8 Å². The Morgan fingerprint density at radius 2 is 1.95 bits per heavy atom. The molecule has 1 rings (SSSR count). The van der Waals surface area contributed by atoms with E-state index < -0.39 is 16.0 Å². The summed E-state index contributed by atoms with van der Waals surface area (Å²) < 4.78 is 31.4. The van der Waals surface area contributed by atoms with Crippen molar-refractivity contribution < 1.29 is 23.1 Å². The third-order valence-corrected chi connectivity index (χ3v) is 4.12. The first-order chi connectivity index (χ1) is 9.54. The first-order valence-corrected chi connectivity index (χ1v) is 8.11. The summed E-state index contributed by atoms with van der Waals surface area (Å²) in [6.07, 6.45) is 0.473. The predicted octanol–water partition coefficient (Wildman–Crippen LogP) is 2.57. The minimum atomic E-state index is -3.60. The normalized spacial score (nSPS) is 12.0. The average Bonchev–Trinajstić information content (AvgIpc) is 2.35. The van der Waals surface area contributed by atoms with Crippen molar-refractivity contribution in [3.8, 4) is 5.75 Å². The molecule has 0 unspecified atom stereocenters. The number of anilines is 1. The number of hydrogen-bond donors (Lipinski definition) is 2. The van der Waals surface area contributed by atoms with Crippen LogP contribution in [0.3, 0.4) is 0 Å². The lowest BCUT2D eigenvalue weighted by atomic mass is 9.94. The largest absolute Gasteiger partial charge is 0.497 e. The second-order valence-corrected chi connectivity index (χ2v) is 7.79. The highest BCUT2D eigenvalue weighted by Gasteiger charge is 2.20. The van der Waals surface area contributed by atoms with E-state index in [1.54, 1.807) is 0 Å². The summed E-state index contributed by atoms with van der Waals surface area (Å²) in [5, 5.41) is 9.15. The third-order valence-electron chi connectivity index (χ3n) is 2.84. The van der Waals surface area contributed by atoms with Crippen LogP contribution in [0.1, 0.15) is 37.6 Å². The molecule has 0 bridgehead atoms. The van der Waals surface area contributed by atoms with Crippen molar-refractivity contribution in [2.45, 2.75) is 27.2 Å². The number of carboxylic acid groups (broad SMARTS) is 1. The summed E-state index contributed by atoms with van der Waals surface area (Å²) in [5.74, 6) is -0.936. The van der Waals surface area contributed by atoms with E-state index in [-0.39, 0.29) is 22.4 Å². The Balaban J connectivity index is 2.99. The second-order valence-electron chi connectivity index (χ2n) is 5.95. The Labute approximate surface area is 125 Å². The number of nitrogens with one attached hydrogen (secondary N) is 1. The third kappa shape index (κ3) is 5.63. The number of hydrogen-bond acceptors (Lipinski definition) is 4. The van der Waals surface area contributed by atoms with Crippen LogP contribution in [0.25, 0.3) is 0 Å². The zero-order chi connectivity index (χ0) is 16.3. The van der Waals surface area contributed by atoms with Crippen molar-refractivity contribution >= 4 is 21.7 Å². The van der Waals surface area contributed by atoms with E-state index in [1.165, 1.54) is 25.3 Å². The molecule has 2 N–H and O–H groups in total. The Bertz CT molecular complexity index is 617. The zero-order valence-electron chi connectivity index (χ0n) is 12.6. The fourth-order valence-corrected chi connectivity index (χ4v) is 3.07. The van der Waals surface area contributed by atoms with Gasteiger partial charge in [0.25, 0.3) is 0 Å². The number of ether oxygens (including phenoxy) is 1. The van der Waals surface area contributed by atoms with Crippen molar-refractivity contribution in [1.82, 2.24) is 0 Å². The maximum atomic E-state index is 12.0. The highest BCUT2D eigenvalue weighted by atomic mass is 32.2. The van der Waals surface area contributed by atoms with Crippen LogP contribution in [-0.2, 0) is 10.0 Å². The van der Waals surface area contributed by atoms with Gasteiger partial charge < -0.3 is 9.84 Å². The van der Waals surface area contributed by atoms with E-state index in [9.17, 15) is 13.2 Å². The summed E-state index contributed by atoms with van der Waals surface area (Å²) in [6.45, 7) is 5.83. The molecular weight excluding hydrogens is 294 g/mol. The molecule has 21 heavy (non-hydrogen) atoms. The van der Waals surface area contributed by atoms with Gasteiger partial charge in [-0.05, 0) is 30.0 Å². The van der Waals surface area contributed by atoms with Crippen LogP contribution >= 0.6 is 0 Å². The van der Waals surface area contributed by atoms with Crippen LogP contribution in [0, 0.1) is 5.41 Å². The number of benzene rings is 1. The number of rotatable bonds is 6. The molecule has 0 saturated heterocycles. The van der Waals surface area contributed by atoms with Crippen molar-refractivity contribution in [3.05, 3.63) is 23.8 Å². The average molecular weight is 315 g/mol. The fraction of sp³-hybridized carbons (Fsp3) is 0.500. The lowest BCUT2D eigenvalue weighted by Gasteiger charge is -2.18. The quantitative estimate of drug-likeness (QED) is 0.841. The minimum Gasteiger partial charge on any atom is -0.497 e. The Morgan fingerprint density at radius 3 is 2.43 bits per heavy atom. The van der Waals surface area contributed by atoms with E-state index in [1.807, 2.05) is 20.8 Å². The molecule has 6 nitrogen and oxygen atoms in total. The van der Waals surface area contributed by atoms with Crippen molar-refractivity contribution in [3.63, 3.8) is 0 Å². The molecule has 0 aromatic heterocycles. The number of carboxylic acids is 1. The maximum Gasteiger partial charge on any atom is 0.337 e. The van der Waals surface area contributed by atoms with E-state index in [0.29, 0.717) is 12.2 Å². The second kappa shape index (κ2) is 6.34. The van der Waals surface area contributed by atoms with Gasteiger partial charge in [0, 0.05) is 0 Å². The van der Waals surface area contributed by atoms with Crippen LogP contribution in [0.4, 0.5) is 5.69 Å². The SMILES string of the molecule is COc1ccc(NS(=O)(=O)CCC(C)(C)C)c(C(=O)O)c1. The molecule has 0 spiro atoms. The standard InChI is InChI=1S/C14H21NO5S/c1-14(2,3)7-8-21(18,19)15-12-6-5-10(20-4)9-11(12)13(16)17/h5-6,9,15H,7-8H2,1-4H3,(H,16,17). The Hall–Kier alpha value is -1.76. The van der Waals surface area contributed by atoms with Crippen LogP contribution in [-0.4, -0.2) is 32.4 Å². The topological polar surface area (TPSA) is 92.7 Å². The first-order valence-electron chi connectivity index (χ1n) is 6.46. The molecule has 0 amide bonds. The molecule has 1 aromatic rings. The molecule has 0 heterocycles. The Kier molecular flexibility index (Phi) is 5.22. The molecule has 7 heteroatoms. The van der Waals surface area contributed by atoms with Crippen LogP contribution in [0.15, 0.2) is 18.2 Å². The molecule has 0 radical (unpaired) electrons. The van der Waals surface area contributed by atoms with Gasteiger partial charge in [-0.25, -0.2) is 13.2 Å². The van der Waals surface area contributed by atoms with Gasteiger partial charge in [-0.15, -0.1) is 0 Å². The number of sulfonamides is 1. The molecular formula is C14H21NO5S. The molecule has 0 fully saturated rings. The van der Waals surface area contributed by atoms with Gasteiger partial charge in [0.1, 0.15) is 5.75 Å². The molecule has 118 valence electrons. The monoisotopic (exact) mass is 315 g/mol. The highest BCUT2D eigenvalue weighted by molar-refractivity contribution is 7.92. The molecule has 0 aliphatic carbocycles. The lowest BCUT2D eigenvalue weighted by Crippen LogP contribution is -2.22. The van der Waals surface area contributed by atoms with Gasteiger partial charge in [-0.2, -0.15) is 0 Å². The number of carbonyl (C=O) groups is 1. The van der Waals surface area contributed by atoms with Gasteiger partial charge in [0.05, 0.1) is 24.1 Å². The molecule has 0 saturated carbocycles. The summed E-state index contributed by atoms with van der Waals surface area (Å²) >= 11 is 0. The smallest absolute Gasteiger partial charge is 0.337 e. The number of methoxy groups -OCH3 is 1. The minimum absolute atomic E-state index is 0.0391. The van der Waals surface area contributed by atoms with Crippen molar-refractivity contribution in [2.75, 3.05) is 17.6 Å². The highest BCUT2D eigenvalue weighted by Crippen LogP contribution is 2.24. The van der Waals surface area contributed by atoms with Gasteiger partial charge in [-0.3, -0.25) is 4.72 Å². The molecule has 0 aliphatic heterocycles.